The van der Waals surface area contributed by atoms with Crippen LogP contribution in [0.25, 0.3) is 11.1 Å². The molecular weight excluding hydrogens is 254 g/mol. The van der Waals surface area contributed by atoms with E-state index in [-0.39, 0.29) is 28.6 Å². The Bertz CT molecular complexity index is 645. The zero-order valence-electron chi connectivity index (χ0n) is 9.95. The van der Waals surface area contributed by atoms with E-state index in [1.807, 2.05) is 0 Å². The van der Waals surface area contributed by atoms with Crippen molar-refractivity contribution in [3.8, 4) is 16.9 Å². The van der Waals surface area contributed by atoms with Crippen LogP contribution in [0.15, 0.2) is 30.5 Å². The molecule has 2 rings (SSSR count). The Morgan fingerprint density at radius 2 is 2.00 bits per heavy atom. The van der Waals surface area contributed by atoms with Crippen molar-refractivity contribution < 1.29 is 18.7 Å². The second-order valence-corrected chi connectivity index (χ2v) is 3.89. The molecular formula is C13H10F2N2O2. The number of hydrogen-bond acceptors (Lipinski definition) is 3. The lowest BCUT2D eigenvalue weighted by molar-refractivity contribution is -0.114. The monoisotopic (exact) mass is 264 g/mol. The zero-order valence-corrected chi connectivity index (χ0v) is 9.95. The van der Waals surface area contributed by atoms with Gasteiger partial charge in [-0.2, -0.15) is 0 Å². The summed E-state index contributed by atoms with van der Waals surface area (Å²) in [7, 11) is 0. The van der Waals surface area contributed by atoms with Crippen molar-refractivity contribution in [1.29, 1.82) is 0 Å². The maximum Gasteiger partial charge on any atom is 0.222 e. The number of carbonyl (C=O) groups excluding carboxylic acids is 1. The van der Waals surface area contributed by atoms with E-state index in [4.69, 9.17) is 0 Å². The van der Waals surface area contributed by atoms with Crippen LogP contribution in [-0.4, -0.2) is 16.0 Å². The van der Waals surface area contributed by atoms with Crippen LogP contribution in [0, 0.1) is 11.6 Å². The summed E-state index contributed by atoms with van der Waals surface area (Å²) >= 11 is 0. The van der Waals surface area contributed by atoms with Gasteiger partial charge in [0.15, 0.2) is 0 Å². The largest absolute Gasteiger partial charge is 0.507 e. The maximum atomic E-state index is 13.7. The van der Waals surface area contributed by atoms with Crippen LogP contribution in [0.5, 0.6) is 5.75 Å². The number of phenolic OH excluding ortho intramolecular Hbond substituents is 1. The van der Waals surface area contributed by atoms with Gasteiger partial charge < -0.3 is 10.4 Å². The van der Waals surface area contributed by atoms with Crippen LogP contribution in [0.1, 0.15) is 6.92 Å². The van der Waals surface area contributed by atoms with Crippen LogP contribution >= 0.6 is 0 Å². The maximum absolute atomic E-state index is 13.7. The Hall–Kier alpha value is -2.50. The highest BCUT2D eigenvalue weighted by atomic mass is 19.1. The lowest BCUT2D eigenvalue weighted by Gasteiger charge is -2.08. The molecule has 0 aliphatic carbocycles. The quantitative estimate of drug-likeness (QED) is 0.876. The van der Waals surface area contributed by atoms with Crippen LogP contribution in [-0.2, 0) is 4.79 Å². The van der Waals surface area contributed by atoms with Crippen LogP contribution in [0.3, 0.4) is 0 Å². The summed E-state index contributed by atoms with van der Waals surface area (Å²) < 4.78 is 26.6. The van der Waals surface area contributed by atoms with E-state index in [9.17, 15) is 18.7 Å². The normalized spacial score (nSPS) is 10.3. The van der Waals surface area contributed by atoms with Crippen LogP contribution < -0.4 is 5.32 Å². The topological polar surface area (TPSA) is 62.2 Å². The summed E-state index contributed by atoms with van der Waals surface area (Å²) in [5.74, 6) is -1.91. The minimum Gasteiger partial charge on any atom is -0.507 e. The van der Waals surface area contributed by atoms with Crippen molar-refractivity contribution in [2.75, 3.05) is 5.32 Å². The van der Waals surface area contributed by atoms with E-state index in [1.54, 1.807) is 0 Å². The predicted molar refractivity (Wildman–Crippen MR) is 65.6 cm³/mol. The molecule has 2 aromatic rings. The molecule has 1 amide bonds. The highest BCUT2D eigenvalue weighted by Gasteiger charge is 2.12. The molecule has 0 bridgehead atoms. The molecule has 2 N–H and O–H groups in total. The number of anilines is 1. The number of pyridine rings is 1. The number of nitrogens with one attached hydrogen (secondary N) is 1. The molecule has 1 aromatic heterocycles. The van der Waals surface area contributed by atoms with Gasteiger partial charge in [-0.15, -0.1) is 0 Å². The molecule has 0 saturated heterocycles. The number of benzene rings is 1. The number of aromatic hydroxyl groups is 1. The molecule has 0 radical (unpaired) electrons. The molecule has 0 spiro atoms. The van der Waals surface area contributed by atoms with E-state index in [0.29, 0.717) is 0 Å². The molecule has 98 valence electrons. The fourth-order valence-electron chi connectivity index (χ4n) is 1.63. The van der Waals surface area contributed by atoms with Crippen molar-refractivity contribution in [2.24, 2.45) is 0 Å². The Kier molecular flexibility index (Phi) is 3.41. The van der Waals surface area contributed by atoms with Gasteiger partial charge in [-0.05, 0) is 18.2 Å². The summed E-state index contributed by atoms with van der Waals surface area (Å²) in [6.07, 6.45) is 0.920. The second-order valence-electron chi connectivity index (χ2n) is 3.89. The van der Waals surface area contributed by atoms with Crippen molar-refractivity contribution in [1.82, 2.24) is 4.98 Å². The van der Waals surface area contributed by atoms with E-state index >= 15 is 0 Å². The van der Waals surface area contributed by atoms with Gasteiger partial charge in [-0.25, -0.2) is 13.8 Å². The van der Waals surface area contributed by atoms with E-state index in [0.717, 1.165) is 18.3 Å². The Labute approximate surface area is 107 Å². The SMILES string of the molecule is CC(=O)Nc1cc(-c2ccc(F)cc2O)c(F)cn1. The molecule has 0 aliphatic heterocycles. The van der Waals surface area contributed by atoms with Crippen molar-refractivity contribution in [3.63, 3.8) is 0 Å². The molecule has 0 atom stereocenters. The lowest BCUT2D eigenvalue weighted by atomic mass is 10.1. The molecule has 0 unspecified atom stereocenters. The lowest BCUT2D eigenvalue weighted by Crippen LogP contribution is -2.07. The molecule has 19 heavy (non-hydrogen) atoms. The van der Waals surface area contributed by atoms with Gasteiger partial charge in [0.1, 0.15) is 23.2 Å². The highest BCUT2D eigenvalue weighted by molar-refractivity contribution is 5.88. The van der Waals surface area contributed by atoms with Crippen molar-refractivity contribution >= 4 is 11.7 Å². The number of amides is 1. The first-order valence-electron chi connectivity index (χ1n) is 5.39. The van der Waals surface area contributed by atoms with Crippen LogP contribution in [0.2, 0.25) is 0 Å². The number of hydrogen-bond donors (Lipinski definition) is 2. The Balaban J connectivity index is 2.51. The first-order chi connectivity index (χ1) is 8.97. The Morgan fingerprint density at radius 1 is 1.26 bits per heavy atom. The molecule has 6 heteroatoms. The summed E-state index contributed by atoms with van der Waals surface area (Å²) in [6, 6.07) is 4.50. The smallest absolute Gasteiger partial charge is 0.222 e. The minimum absolute atomic E-state index is 0.0243. The van der Waals surface area contributed by atoms with Gasteiger partial charge in [0.25, 0.3) is 0 Å². The minimum atomic E-state index is -0.684. The van der Waals surface area contributed by atoms with Gasteiger partial charge in [0.05, 0.1) is 6.20 Å². The predicted octanol–water partition coefficient (Wildman–Crippen LogP) is 2.69. The van der Waals surface area contributed by atoms with Gasteiger partial charge in [-0.3, -0.25) is 4.79 Å². The summed E-state index contributed by atoms with van der Waals surface area (Å²) in [6.45, 7) is 1.29. The fraction of sp³-hybridized carbons (Fsp3) is 0.0769. The number of nitrogens with zero attached hydrogens (tertiary/aromatic N) is 1. The highest BCUT2D eigenvalue weighted by Crippen LogP contribution is 2.32. The molecule has 1 heterocycles. The summed E-state index contributed by atoms with van der Waals surface area (Å²) in [4.78, 5) is 14.6. The third-order valence-electron chi connectivity index (χ3n) is 2.41. The first-order valence-corrected chi connectivity index (χ1v) is 5.39. The summed E-state index contributed by atoms with van der Waals surface area (Å²) in [5.41, 5.74) is 0.143. The number of carbonyl (C=O) groups is 1. The second kappa shape index (κ2) is 5.01. The van der Waals surface area contributed by atoms with Crippen molar-refractivity contribution in [2.45, 2.75) is 6.92 Å². The average Bonchev–Trinajstić information content (AvgIpc) is 2.31. The fourth-order valence-corrected chi connectivity index (χ4v) is 1.63. The van der Waals surface area contributed by atoms with Gasteiger partial charge in [0.2, 0.25) is 5.91 Å². The standard InChI is InChI=1S/C13H10F2N2O2/c1-7(18)17-13-5-10(11(15)6-16-13)9-3-2-8(14)4-12(9)19/h2-6,19H,1H3,(H,16,17,18). The van der Waals surface area contributed by atoms with Gasteiger partial charge in [0, 0.05) is 24.1 Å². The van der Waals surface area contributed by atoms with Gasteiger partial charge >= 0.3 is 0 Å². The average molecular weight is 264 g/mol. The molecule has 0 aliphatic rings. The zero-order chi connectivity index (χ0) is 14.0. The third-order valence-corrected chi connectivity index (χ3v) is 2.41. The molecule has 1 aromatic carbocycles. The van der Waals surface area contributed by atoms with Crippen molar-refractivity contribution in [3.05, 3.63) is 42.1 Å². The number of phenols is 1. The number of halogens is 2. The Morgan fingerprint density at radius 3 is 2.63 bits per heavy atom. The summed E-state index contributed by atoms with van der Waals surface area (Å²) in [5, 5.41) is 12.0. The van der Waals surface area contributed by atoms with E-state index in [2.05, 4.69) is 10.3 Å². The van der Waals surface area contributed by atoms with Crippen LogP contribution in [0.4, 0.5) is 14.6 Å². The third kappa shape index (κ3) is 2.85. The molecule has 4 nitrogen and oxygen atoms in total. The number of rotatable bonds is 2. The molecule has 0 saturated carbocycles. The van der Waals surface area contributed by atoms with E-state index in [1.165, 1.54) is 19.1 Å². The molecule has 0 fully saturated rings. The van der Waals surface area contributed by atoms with Gasteiger partial charge in [-0.1, -0.05) is 0 Å². The van der Waals surface area contributed by atoms with E-state index < -0.39 is 11.6 Å². The number of aromatic nitrogens is 1. The first kappa shape index (κ1) is 12.9.